The number of hydrogen-bond donors (Lipinski definition) is 1. The third-order valence-electron chi connectivity index (χ3n) is 3.64. The molecule has 1 fully saturated rings. The van der Waals surface area contributed by atoms with Crippen LogP contribution >= 0.6 is 0 Å². The molecule has 0 radical (unpaired) electrons. The Balaban J connectivity index is 1.73. The predicted octanol–water partition coefficient (Wildman–Crippen LogP) is 1.63. The van der Waals surface area contributed by atoms with Crippen LogP contribution in [0.25, 0.3) is 0 Å². The Kier molecular flexibility index (Phi) is 4.99. The molecule has 0 saturated heterocycles. The van der Waals surface area contributed by atoms with Gasteiger partial charge in [0, 0.05) is 25.5 Å². The SMILES string of the molecule is C[C@@H](CNS(=O)(=O)CC1CCCC1)Cn1cccn1. The average molecular weight is 285 g/mol. The highest BCUT2D eigenvalue weighted by atomic mass is 32.2. The van der Waals surface area contributed by atoms with Crippen LogP contribution in [-0.2, 0) is 16.6 Å². The highest BCUT2D eigenvalue weighted by Gasteiger charge is 2.22. The lowest BCUT2D eigenvalue weighted by Crippen LogP contribution is -2.33. The summed E-state index contributed by atoms with van der Waals surface area (Å²) in [4.78, 5) is 0. The van der Waals surface area contributed by atoms with Gasteiger partial charge in [0.1, 0.15) is 0 Å². The van der Waals surface area contributed by atoms with Crippen LogP contribution in [0.1, 0.15) is 32.6 Å². The van der Waals surface area contributed by atoms with Crippen LogP contribution < -0.4 is 4.72 Å². The first-order valence-corrected chi connectivity index (χ1v) is 8.65. The summed E-state index contributed by atoms with van der Waals surface area (Å²) in [6.07, 6.45) is 8.10. The van der Waals surface area contributed by atoms with Crippen molar-refractivity contribution >= 4 is 10.0 Å². The quantitative estimate of drug-likeness (QED) is 0.828. The van der Waals surface area contributed by atoms with Gasteiger partial charge in [-0.05, 0) is 30.7 Å². The molecule has 1 saturated carbocycles. The predicted molar refractivity (Wildman–Crippen MR) is 75.1 cm³/mol. The molecule has 0 aliphatic heterocycles. The lowest BCUT2D eigenvalue weighted by molar-refractivity contribution is 0.442. The van der Waals surface area contributed by atoms with Gasteiger partial charge < -0.3 is 0 Å². The van der Waals surface area contributed by atoms with Crippen molar-refractivity contribution < 1.29 is 8.42 Å². The van der Waals surface area contributed by atoms with Crippen LogP contribution in [0.5, 0.6) is 0 Å². The van der Waals surface area contributed by atoms with Crippen LogP contribution in [0.3, 0.4) is 0 Å². The maximum absolute atomic E-state index is 12.0. The summed E-state index contributed by atoms with van der Waals surface area (Å²) in [7, 11) is -3.12. The molecule has 0 aromatic carbocycles. The molecule has 1 aliphatic carbocycles. The van der Waals surface area contributed by atoms with E-state index in [1.165, 1.54) is 12.8 Å². The van der Waals surface area contributed by atoms with Crippen molar-refractivity contribution in [1.29, 1.82) is 0 Å². The zero-order valence-corrected chi connectivity index (χ0v) is 12.3. The molecule has 1 aliphatic rings. The second-order valence-corrected chi connectivity index (χ2v) is 7.47. The fraction of sp³-hybridized carbons (Fsp3) is 0.769. The maximum Gasteiger partial charge on any atom is 0.211 e. The number of sulfonamides is 1. The normalized spacial score (nSPS) is 18.8. The minimum absolute atomic E-state index is 0.234. The lowest BCUT2D eigenvalue weighted by atomic mass is 10.1. The van der Waals surface area contributed by atoms with Gasteiger partial charge >= 0.3 is 0 Å². The maximum atomic E-state index is 12.0. The summed E-state index contributed by atoms with van der Waals surface area (Å²) >= 11 is 0. The van der Waals surface area contributed by atoms with E-state index in [2.05, 4.69) is 9.82 Å². The summed E-state index contributed by atoms with van der Waals surface area (Å²) in [5.74, 6) is 0.888. The monoisotopic (exact) mass is 285 g/mol. The summed E-state index contributed by atoms with van der Waals surface area (Å²) < 4.78 is 28.5. The largest absolute Gasteiger partial charge is 0.272 e. The van der Waals surface area contributed by atoms with Crippen LogP contribution in [0, 0.1) is 11.8 Å². The lowest BCUT2D eigenvalue weighted by Gasteiger charge is -2.15. The van der Waals surface area contributed by atoms with Gasteiger partial charge in [-0.25, -0.2) is 13.1 Å². The number of hydrogen-bond acceptors (Lipinski definition) is 3. The standard InChI is InChI=1S/C13H23N3O2S/c1-12(10-16-8-4-7-14-16)9-15-19(17,18)11-13-5-2-3-6-13/h4,7-8,12-13,15H,2-3,5-6,9-11H2,1H3/t12-/m0/s1. The molecule has 5 nitrogen and oxygen atoms in total. The van der Waals surface area contributed by atoms with E-state index in [1.54, 1.807) is 6.20 Å². The Morgan fingerprint density at radius 3 is 2.79 bits per heavy atom. The molecule has 0 amide bonds. The molecule has 108 valence electrons. The summed E-state index contributed by atoms with van der Waals surface area (Å²) in [6.45, 7) is 3.24. The zero-order valence-electron chi connectivity index (χ0n) is 11.5. The molecule has 1 atom stereocenters. The van der Waals surface area contributed by atoms with E-state index in [-0.39, 0.29) is 5.92 Å². The molecule has 1 heterocycles. The molecular formula is C13H23N3O2S. The Bertz CT molecular complexity index is 464. The van der Waals surface area contributed by atoms with Crippen molar-refractivity contribution in [2.24, 2.45) is 11.8 Å². The Hall–Kier alpha value is -0.880. The summed E-state index contributed by atoms with van der Waals surface area (Å²) in [5.41, 5.74) is 0. The van der Waals surface area contributed by atoms with Gasteiger partial charge in [-0.3, -0.25) is 4.68 Å². The molecule has 1 aromatic heterocycles. The highest BCUT2D eigenvalue weighted by Crippen LogP contribution is 2.25. The van der Waals surface area contributed by atoms with E-state index in [1.807, 2.05) is 23.9 Å². The first kappa shape index (κ1) is 14.5. The van der Waals surface area contributed by atoms with E-state index >= 15 is 0 Å². The number of aromatic nitrogens is 2. The Morgan fingerprint density at radius 1 is 1.42 bits per heavy atom. The topological polar surface area (TPSA) is 64.0 Å². The zero-order chi connectivity index (χ0) is 13.7. The first-order valence-electron chi connectivity index (χ1n) is 7.00. The fourth-order valence-electron chi connectivity index (χ4n) is 2.61. The van der Waals surface area contributed by atoms with Gasteiger partial charge in [0.15, 0.2) is 0 Å². The highest BCUT2D eigenvalue weighted by molar-refractivity contribution is 7.89. The molecule has 19 heavy (non-hydrogen) atoms. The van der Waals surface area contributed by atoms with Crippen LogP contribution in [0.2, 0.25) is 0 Å². The third kappa shape index (κ3) is 4.95. The summed E-state index contributed by atoms with van der Waals surface area (Å²) in [6, 6.07) is 1.87. The van der Waals surface area contributed by atoms with E-state index in [0.717, 1.165) is 19.4 Å². The minimum atomic E-state index is -3.12. The van der Waals surface area contributed by atoms with E-state index < -0.39 is 10.0 Å². The minimum Gasteiger partial charge on any atom is -0.272 e. The van der Waals surface area contributed by atoms with E-state index in [0.29, 0.717) is 18.2 Å². The molecule has 0 spiro atoms. The van der Waals surface area contributed by atoms with Crippen LogP contribution in [0.15, 0.2) is 18.5 Å². The van der Waals surface area contributed by atoms with Crippen molar-refractivity contribution in [2.75, 3.05) is 12.3 Å². The van der Waals surface area contributed by atoms with Crippen LogP contribution in [0.4, 0.5) is 0 Å². The van der Waals surface area contributed by atoms with Crippen molar-refractivity contribution in [1.82, 2.24) is 14.5 Å². The third-order valence-corrected chi connectivity index (χ3v) is 5.16. The second-order valence-electron chi connectivity index (χ2n) is 5.61. The van der Waals surface area contributed by atoms with Crippen molar-refractivity contribution in [3.05, 3.63) is 18.5 Å². The van der Waals surface area contributed by atoms with Crippen molar-refractivity contribution in [3.63, 3.8) is 0 Å². The van der Waals surface area contributed by atoms with Crippen molar-refractivity contribution in [2.45, 2.75) is 39.2 Å². The average Bonchev–Trinajstić information content (AvgIpc) is 2.99. The van der Waals surface area contributed by atoms with Crippen molar-refractivity contribution in [3.8, 4) is 0 Å². The van der Waals surface area contributed by atoms with Crippen LogP contribution in [-0.4, -0.2) is 30.5 Å². The number of nitrogens with one attached hydrogen (secondary N) is 1. The van der Waals surface area contributed by atoms with E-state index in [4.69, 9.17) is 0 Å². The molecule has 1 aromatic rings. The van der Waals surface area contributed by atoms with Gasteiger partial charge in [0.25, 0.3) is 0 Å². The van der Waals surface area contributed by atoms with Gasteiger partial charge in [0.2, 0.25) is 10.0 Å². The van der Waals surface area contributed by atoms with Gasteiger partial charge in [-0.1, -0.05) is 19.8 Å². The molecule has 6 heteroatoms. The number of rotatable bonds is 7. The second kappa shape index (κ2) is 6.52. The molecule has 0 bridgehead atoms. The van der Waals surface area contributed by atoms with Gasteiger partial charge in [-0.2, -0.15) is 5.10 Å². The molecule has 0 unspecified atom stereocenters. The molecule has 1 N–H and O–H groups in total. The van der Waals surface area contributed by atoms with E-state index in [9.17, 15) is 8.42 Å². The first-order chi connectivity index (χ1) is 9.05. The molecular weight excluding hydrogens is 262 g/mol. The number of nitrogens with zero attached hydrogens (tertiary/aromatic N) is 2. The fourth-order valence-corrected chi connectivity index (χ4v) is 4.22. The van der Waals surface area contributed by atoms with Gasteiger partial charge in [0.05, 0.1) is 5.75 Å². The Labute approximate surface area is 115 Å². The smallest absolute Gasteiger partial charge is 0.211 e. The molecule has 2 rings (SSSR count). The summed E-state index contributed by atoms with van der Waals surface area (Å²) in [5, 5.41) is 4.12. The van der Waals surface area contributed by atoms with Gasteiger partial charge in [-0.15, -0.1) is 0 Å². The Morgan fingerprint density at radius 2 is 2.16 bits per heavy atom.